The molecule has 2 aromatic carbocycles. The molecule has 1 atom stereocenters. The second kappa shape index (κ2) is 5.96. The number of aryl methyl sites for hydroxylation is 1. The van der Waals surface area contributed by atoms with E-state index in [1.807, 2.05) is 36.4 Å². The Kier molecular flexibility index (Phi) is 4.02. The van der Waals surface area contributed by atoms with Crippen molar-refractivity contribution in [2.24, 2.45) is 0 Å². The van der Waals surface area contributed by atoms with Crippen LogP contribution in [0, 0.1) is 0 Å². The molecule has 0 saturated carbocycles. The van der Waals surface area contributed by atoms with Gasteiger partial charge in [0, 0.05) is 5.56 Å². The second-order valence-corrected chi connectivity index (χ2v) is 5.91. The molecule has 22 heavy (non-hydrogen) atoms. The van der Waals surface area contributed by atoms with Crippen molar-refractivity contribution in [3.63, 3.8) is 0 Å². The fraction of sp³-hybridized carbons (Fsp3) is 0.350. The Morgan fingerprint density at radius 3 is 2.36 bits per heavy atom. The zero-order valence-electron chi connectivity index (χ0n) is 13.3. The van der Waals surface area contributed by atoms with E-state index >= 15 is 0 Å². The minimum absolute atomic E-state index is 0.122. The summed E-state index contributed by atoms with van der Waals surface area (Å²) in [5.41, 5.74) is 2.72. The molecule has 0 radical (unpaired) electrons. The van der Waals surface area contributed by atoms with Crippen LogP contribution in [0.4, 0.5) is 0 Å². The lowest BCUT2D eigenvalue weighted by atomic mass is 9.70. The summed E-state index contributed by atoms with van der Waals surface area (Å²) in [6.45, 7) is 4.30. The highest BCUT2D eigenvalue weighted by Crippen LogP contribution is 2.48. The van der Waals surface area contributed by atoms with E-state index < -0.39 is 5.41 Å². The zero-order valence-corrected chi connectivity index (χ0v) is 13.3. The predicted octanol–water partition coefficient (Wildman–Crippen LogP) is 4.64. The number of benzene rings is 2. The number of ether oxygens (including phenoxy) is 1. The first kappa shape index (κ1) is 14.8. The van der Waals surface area contributed by atoms with Gasteiger partial charge in [-0.2, -0.15) is 0 Å². The number of carbonyl (C=O) groups is 1. The van der Waals surface area contributed by atoms with E-state index in [1.54, 1.807) is 0 Å². The summed E-state index contributed by atoms with van der Waals surface area (Å²) in [6.07, 6.45) is 3.78. The summed E-state index contributed by atoms with van der Waals surface area (Å²) in [5, 5.41) is 0. The lowest BCUT2D eigenvalue weighted by Crippen LogP contribution is -2.36. The van der Waals surface area contributed by atoms with E-state index in [1.165, 1.54) is 5.56 Å². The lowest BCUT2D eigenvalue weighted by molar-refractivity contribution is -0.137. The summed E-state index contributed by atoms with van der Waals surface area (Å²) >= 11 is 0. The van der Waals surface area contributed by atoms with Gasteiger partial charge in [0.25, 0.3) is 0 Å². The van der Waals surface area contributed by atoms with Gasteiger partial charge in [0.1, 0.15) is 11.2 Å². The van der Waals surface area contributed by atoms with Crippen LogP contribution in [0.15, 0.2) is 48.5 Å². The molecular formula is C20H22O2. The first-order valence-electron chi connectivity index (χ1n) is 8.14. The Hall–Kier alpha value is -2.09. The first-order chi connectivity index (χ1) is 10.7. The number of hydrogen-bond donors (Lipinski definition) is 0. The summed E-state index contributed by atoms with van der Waals surface area (Å²) in [5.74, 6) is 0.595. The molecule has 0 aromatic heterocycles. The van der Waals surface area contributed by atoms with Crippen LogP contribution < -0.4 is 4.74 Å². The zero-order chi connectivity index (χ0) is 15.6. The molecule has 2 nitrogen and oxygen atoms in total. The highest BCUT2D eigenvalue weighted by molar-refractivity contribution is 5.94. The Morgan fingerprint density at radius 2 is 1.64 bits per heavy atom. The molecule has 0 N–H and O–H groups in total. The van der Waals surface area contributed by atoms with Gasteiger partial charge in [0.05, 0.1) is 0 Å². The Morgan fingerprint density at radius 1 is 0.955 bits per heavy atom. The first-order valence-corrected chi connectivity index (χ1v) is 8.14. The summed E-state index contributed by atoms with van der Waals surface area (Å²) in [4.78, 5) is 12.9. The molecule has 1 unspecified atom stereocenters. The minimum Gasteiger partial charge on any atom is -0.425 e. The van der Waals surface area contributed by atoms with Gasteiger partial charge < -0.3 is 4.74 Å². The van der Waals surface area contributed by atoms with Gasteiger partial charge in [-0.25, -0.2) is 0 Å². The van der Waals surface area contributed by atoms with E-state index in [4.69, 9.17) is 4.74 Å². The Balaban J connectivity index is 2.24. The average Bonchev–Trinajstić information content (AvgIpc) is 2.85. The number of para-hydroxylation sites is 1. The van der Waals surface area contributed by atoms with Gasteiger partial charge in [-0.05, 0) is 30.0 Å². The largest absolute Gasteiger partial charge is 0.425 e. The second-order valence-electron chi connectivity index (χ2n) is 5.91. The standard InChI is InChI=1S/C20H22O2/c1-3-5-14-20(16-11-7-6-10-15(16)4-2)17-12-8-9-13-18(17)22-19(20)21/h6-13H,3-5,14H2,1-2H3. The third-order valence-corrected chi connectivity index (χ3v) is 4.66. The molecule has 0 amide bonds. The van der Waals surface area contributed by atoms with Crippen LogP contribution in [0.3, 0.4) is 0 Å². The van der Waals surface area contributed by atoms with Gasteiger partial charge in [-0.3, -0.25) is 4.79 Å². The van der Waals surface area contributed by atoms with Crippen molar-refractivity contribution >= 4 is 5.97 Å². The van der Waals surface area contributed by atoms with Crippen molar-refractivity contribution in [2.75, 3.05) is 0 Å². The number of rotatable bonds is 5. The van der Waals surface area contributed by atoms with Crippen molar-refractivity contribution in [3.8, 4) is 5.75 Å². The summed E-state index contributed by atoms with van der Waals surface area (Å²) < 4.78 is 5.63. The van der Waals surface area contributed by atoms with Crippen LogP contribution in [0.1, 0.15) is 49.8 Å². The van der Waals surface area contributed by atoms with Gasteiger partial charge in [-0.1, -0.05) is 69.2 Å². The average molecular weight is 294 g/mol. The van der Waals surface area contributed by atoms with E-state index in [0.717, 1.165) is 42.6 Å². The molecule has 114 valence electrons. The maximum absolute atomic E-state index is 12.9. The highest BCUT2D eigenvalue weighted by Gasteiger charge is 2.50. The summed E-state index contributed by atoms with van der Waals surface area (Å²) in [6, 6.07) is 16.1. The number of fused-ring (bicyclic) bond motifs is 1. The van der Waals surface area contributed by atoms with E-state index in [0.29, 0.717) is 0 Å². The van der Waals surface area contributed by atoms with Gasteiger partial charge in [-0.15, -0.1) is 0 Å². The van der Waals surface area contributed by atoms with Gasteiger partial charge in [0.2, 0.25) is 0 Å². The Labute approximate surface area is 132 Å². The molecule has 1 heterocycles. The smallest absolute Gasteiger partial charge is 0.326 e. The fourth-order valence-electron chi connectivity index (χ4n) is 3.52. The van der Waals surface area contributed by atoms with E-state index in [-0.39, 0.29) is 5.97 Å². The van der Waals surface area contributed by atoms with Crippen LogP contribution in [0.2, 0.25) is 0 Å². The molecule has 2 heteroatoms. The number of esters is 1. The third kappa shape index (κ3) is 2.14. The molecule has 0 fully saturated rings. The molecule has 2 aromatic rings. The SMILES string of the molecule is CCCCC1(c2ccccc2CC)C(=O)Oc2ccccc21. The Bertz CT molecular complexity index is 690. The van der Waals surface area contributed by atoms with Crippen LogP contribution in [-0.4, -0.2) is 5.97 Å². The minimum atomic E-state index is -0.640. The normalized spacial score (nSPS) is 19.8. The number of hydrogen-bond acceptors (Lipinski definition) is 2. The molecular weight excluding hydrogens is 272 g/mol. The fourth-order valence-corrected chi connectivity index (χ4v) is 3.52. The monoisotopic (exact) mass is 294 g/mol. The molecule has 0 saturated heterocycles. The maximum Gasteiger partial charge on any atom is 0.326 e. The number of unbranched alkanes of at least 4 members (excludes halogenated alkanes) is 1. The van der Waals surface area contributed by atoms with Crippen molar-refractivity contribution in [1.82, 2.24) is 0 Å². The molecule has 0 aliphatic carbocycles. The molecule has 0 bridgehead atoms. The van der Waals surface area contributed by atoms with E-state index in [2.05, 4.69) is 26.0 Å². The summed E-state index contributed by atoms with van der Waals surface area (Å²) in [7, 11) is 0. The van der Waals surface area contributed by atoms with Crippen LogP contribution >= 0.6 is 0 Å². The highest BCUT2D eigenvalue weighted by atomic mass is 16.5. The quantitative estimate of drug-likeness (QED) is 0.593. The van der Waals surface area contributed by atoms with Crippen molar-refractivity contribution < 1.29 is 9.53 Å². The van der Waals surface area contributed by atoms with Crippen LogP contribution in [0.5, 0.6) is 5.75 Å². The van der Waals surface area contributed by atoms with Crippen molar-refractivity contribution in [3.05, 3.63) is 65.2 Å². The molecule has 1 aliphatic heterocycles. The molecule has 1 aliphatic rings. The lowest BCUT2D eigenvalue weighted by Gasteiger charge is -2.28. The topological polar surface area (TPSA) is 26.3 Å². The molecule has 0 spiro atoms. The van der Waals surface area contributed by atoms with Crippen LogP contribution in [0.25, 0.3) is 0 Å². The van der Waals surface area contributed by atoms with Crippen molar-refractivity contribution in [1.29, 1.82) is 0 Å². The van der Waals surface area contributed by atoms with E-state index in [9.17, 15) is 4.79 Å². The maximum atomic E-state index is 12.9. The third-order valence-electron chi connectivity index (χ3n) is 4.66. The van der Waals surface area contributed by atoms with Crippen molar-refractivity contribution in [2.45, 2.75) is 44.9 Å². The van der Waals surface area contributed by atoms with Gasteiger partial charge in [0.15, 0.2) is 0 Å². The molecule has 3 rings (SSSR count). The number of carbonyl (C=O) groups excluding carboxylic acids is 1. The predicted molar refractivity (Wildman–Crippen MR) is 88.2 cm³/mol. The van der Waals surface area contributed by atoms with Gasteiger partial charge >= 0.3 is 5.97 Å². The van der Waals surface area contributed by atoms with Crippen LogP contribution in [-0.2, 0) is 16.6 Å².